The molecule has 1 N–H and O–H groups in total. The summed E-state index contributed by atoms with van der Waals surface area (Å²) in [5.74, 6) is 2.27. The van der Waals surface area contributed by atoms with E-state index in [0.717, 1.165) is 31.9 Å². The van der Waals surface area contributed by atoms with E-state index in [9.17, 15) is 0 Å². The van der Waals surface area contributed by atoms with Gasteiger partial charge in [0.2, 0.25) is 0 Å². The number of hydrogen-bond acceptors (Lipinski definition) is 4. The van der Waals surface area contributed by atoms with Crippen LogP contribution < -0.4 is 5.32 Å². The summed E-state index contributed by atoms with van der Waals surface area (Å²) in [4.78, 5) is 6.86. The fraction of sp³-hybridized carbons (Fsp3) is 0.389. The van der Waals surface area contributed by atoms with Gasteiger partial charge in [-0.25, -0.2) is 0 Å². The van der Waals surface area contributed by atoms with E-state index in [1.54, 1.807) is 0 Å². The van der Waals surface area contributed by atoms with Gasteiger partial charge in [0.25, 0.3) is 0 Å². The van der Waals surface area contributed by atoms with Gasteiger partial charge in [-0.2, -0.15) is 11.8 Å². The van der Waals surface area contributed by atoms with E-state index in [0.29, 0.717) is 6.04 Å². The molecule has 0 spiro atoms. The van der Waals surface area contributed by atoms with Crippen LogP contribution in [-0.4, -0.2) is 41.8 Å². The zero-order chi connectivity index (χ0) is 15.0. The number of thioether (sulfide) groups is 1. The Morgan fingerprint density at radius 3 is 2.91 bits per heavy atom. The van der Waals surface area contributed by atoms with Crippen molar-refractivity contribution < 1.29 is 0 Å². The van der Waals surface area contributed by atoms with Gasteiger partial charge in [0, 0.05) is 56.1 Å². The van der Waals surface area contributed by atoms with Gasteiger partial charge in [-0.3, -0.25) is 9.88 Å². The third-order valence-corrected chi connectivity index (χ3v) is 5.07. The van der Waals surface area contributed by atoms with Gasteiger partial charge >= 0.3 is 0 Å². The maximum atomic E-state index is 4.27. The topological polar surface area (TPSA) is 28.2 Å². The number of piperazine rings is 1. The van der Waals surface area contributed by atoms with E-state index in [1.807, 2.05) is 30.2 Å². The Kier molecular flexibility index (Phi) is 5.87. The molecular formula is C18H23N3S. The Bertz CT molecular complexity index is 547. The minimum atomic E-state index is 0.458. The van der Waals surface area contributed by atoms with Crippen LogP contribution in [0.25, 0.3) is 0 Å². The summed E-state index contributed by atoms with van der Waals surface area (Å²) in [6.07, 6.45) is 3.85. The van der Waals surface area contributed by atoms with Crippen LogP contribution in [0.2, 0.25) is 0 Å². The molecule has 116 valence electrons. The van der Waals surface area contributed by atoms with Crippen molar-refractivity contribution in [3.63, 3.8) is 0 Å². The van der Waals surface area contributed by atoms with Gasteiger partial charge in [-0.15, -0.1) is 0 Å². The summed E-state index contributed by atoms with van der Waals surface area (Å²) in [7, 11) is 0. The highest BCUT2D eigenvalue weighted by molar-refractivity contribution is 7.98. The van der Waals surface area contributed by atoms with Crippen molar-refractivity contribution >= 4 is 11.8 Å². The molecule has 1 fully saturated rings. The second kappa shape index (κ2) is 8.32. The molecule has 0 aliphatic carbocycles. The lowest BCUT2D eigenvalue weighted by Crippen LogP contribution is -2.46. The molecule has 3 nitrogen and oxygen atoms in total. The monoisotopic (exact) mass is 313 g/mol. The van der Waals surface area contributed by atoms with E-state index >= 15 is 0 Å². The molecule has 1 aromatic carbocycles. The Labute approximate surface area is 137 Å². The van der Waals surface area contributed by atoms with E-state index in [2.05, 4.69) is 51.6 Å². The molecule has 1 unspecified atom stereocenters. The molecule has 0 amide bonds. The Hall–Kier alpha value is -1.36. The fourth-order valence-electron chi connectivity index (χ4n) is 2.86. The standard InChI is InChI=1S/C18H23N3S/c1-2-5-16(6-3-1)15-22-12-11-21-10-9-20-14-18(21)17-7-4-8-19-13-17/h1-8,13,18,20H,9-12,14-15H2. The van der Waals surface area contributed by atoms with E-state index in [-0.39, 0.29) is 0 Å². The smallest absolute Gasteiger partial charge is 0.0488 e. The number of rotatable bonds is 6. The Balaban J connectivity index is 1.49. The minimum absolute atomic E-state index is 0.458. The zero-order valence-corrected chi connectivity index (χ0v) is 13.6. The summed E-state index contributed by atoms with van der Waals surface area (Å²) < 4.78 is 0. The first-order chi connectivity index (χ1) is 10.9. The summed E-state index contributed by atoms with van der Waals surface area (Å²) in [5, 5.41) is 3.50. The van der Waals surface area contributed by atoms with E-state index < -0.39 is 0 Å². The molecule has 1 saturated heterocycles. The number of hydrogen-bond donors (Lipinski definition) is 1. The normalized spacial score (nSPS) is 19.2. The highest BCUT2D eigenvalue weighted by atomic mass is 32.2. The van der Waals surface area contributed by atoms with Gasteiger partial charge in [0.15, 0.2) is 0 Å². The molecule has 3 rings (SSSR count). The van der Waals surface area contributed by atoms with Gasteiger partial charge in [-0.1, -0.05) is 36.4 Å². The molecule has 2 aromatic rings. The number of pyridine rings is 1. The Morgan fingerprint density at radius 1 is 1.18 bits per heavy atom. The molecular weight excluding hydrogens is 290 g/mol. The number of aromatic nitrogens is 1. The van der Waals surface area contributed by atoms with Gasteiger partial charge in [-0.05, 0) is 17.2 Å². The van der Waals surface area contributed by atoms with Crippen molar-refractivity contribution in [1.82, 2.24) is 15.2 Å². The van der Waals surface area contributed by atoms with Crippen molar-refractivity contribution in [2.45, 2.75) is 11.8 Å². The molecule has 1 aliphatic rings. The average molecular weight is 313 g/mol. The van der Waals surface area contributed by atoms with Crippen LogP contribution in [-0.2, 0) is 5.75 Å². The Morgan fingerprint density at radius 2 is 2.09 bits per heavy atom. The van der Waals surface area contributed by atoms with Crippen LogP contribution in [0.5, 0.6) is 0 Å². The maximum absolute atomic E-state index is 4.27. The van der Waals surface area contributed by atoms with Crippen LogP contribution in [0.15, 0.2) is 54.9 Å². The fourth-order valence-corrected chi connectivity index (χ4v) is 3.80. The molecule has 1 atom stereocenters. The van der Waals surface area contributed by atoms with Crippen molar-refractivity contribution in [2.24, 2.45) is 0 Å². The summed E-state index contributed by atoms with van der Waals surface area (Å²) in [6, 6.07) is 15.4. The predicted molar refractivity (Wildman–Crippen MR) is 94.0 cm³/mol. The van der Waals surface area contributed by atoms with Crippen molar-refractivity contribution in [3.05, 3.63) is 66.0 Å². The first-order valence-corrected chi connectivity index (χ1v) is 9.05. The summed E-state index contributed by atoms with van der Waals surface area (Å²) in [6.45, 7) is 4.36. The quantitative estimate of drug-likeness (QED) is 0.830. The molecule has 2 heterocycles. The van der Waals surface area contributed by atoms with Gasteiger partial charge in [0.1, 0.15) is 0 Å². The molecule has 0 saturated carbocycles. The second-order valence-corrected chi connectivity index (χ2v) is 6.69. The third kappa shape index (κ3) is 4.32. The van der Waals surface area contributed by atoms with Crippen LogP contribution in [0.1, 0.15) is 17.2 Å². The number of nitrogens with one attached hydrogen (secondary N) is 1. The van der Waals surface area contributed by atoms with Crippen LogP contribution in [0.4, 0.5) is 0 Å². The summed E-state index contributed by atoms with van der Waals surface area (Å²) >= 11 is 2.02. The van der Waals surface area contributed by atoms with Crippen molar-refractivity contribution in [3.8, 4) is 0 Å². The second-order valence-electron chi connectivity index (χ2n) is 5.58. The van der Waals surface area contributed by atoms with Crippen LogP contribution in [0, 0.1) is 0 Å². The lowest BCUT2D eigenvalue weighted by Gasteiger charge is -2.36. The first-order valence-electron chi connectivity index (χ1n) is 7.90. The number of benzene rings is 1. The highest BCUT2D eigenvalue weighted by Gasteiger charge is 2.23. The molecule has 0 radical (unpaired) electrons. The van der Waals surface area contributed by atoms with Crippen LogP contribution in [0.3, 0.4) is 0 Å². The predicted octanol–water partition coefficient (Wildman–Crippen LogP) is 2.96. The lowest BCUT2D eigenvalue weighted by atomic mass is 10.1. The number of nitrogens with zero attached hydrogens (tertiary/aromatic N) is 2. The van der Waals surface area contributed by atoms with Crippen molar-refractivity contribution in [2.75, 3.05) is 31.9 Å². The maximum Gasteiger partial charge on any atom is 0.0488 e. The largest absolute Gasteiger partial charge is 0.314 e. The third-order valence-electron chi connectivity index (χ3n) is 4.06. The lowest BCUT2D eigenvalue weighted by molar-refractivity contribution is 0.172. The summed E-state index contributed by atoms with van der Waals surface area (Å²) in [5.41, 5.74) is 2.74. The first kappa shape index (κ1) is 15.5. The van der Waals surface area contributed by atoms with E-state index in [4.69, 9.17) is 0 Å². The van der Waals surface area contributed by atoms with Crippen LogP contribution >= 0.6 is 11.8 Å². The molecule has 4 heteroatoms. The molecule has 0 bridgehead atoms. The zero-order valence-electron chi connectivity index (χ0n) is 12.8. The minimum Gasteiger partial charge on any atom is -0.314 e. The van der Waals surface area contributed by atoms with Gasteiger partial charge < -0.3 is 5.32 Å². The van der Waals surface area contributed by atoms with E-state index in [1.165, 1.54) is 16.9 Å². The van der Waals surface area contributed by atoms with Crippen molar-refractivity contribution in [1.29, 1.82) is 0 Å². The molecule has 22 heavy (non-hydrogen) atoms. The highest BCUT2D eigenvalue weighted by Crippen LogP contribution is 2.22. The average Bonchev–Trinajstić information content (AvgIpc) is 2.61. The molecule has 1 aliphatic heterocycles. The SMILES string of the molecule is c1ccc(CSCCN2CCNCC2c2cccnc2)cc1. The van der Waals surface area contributed by atoms with Gasteiger partial charge in [0.05, 0.1) is 0 Å². The molecule has 1 aromatic heterocycles.